The van der Waals surface area contributed by atoms with Crippen molar-refractivity contribution in [2.75, 3.05) is 4.72 Å². The van der Waals surface area contributed by atoms with E-state index >= 15 is 0 Å². The molecule has 20 heavy (non-hydrogen) atoms. The van der Waals surface area contributed by atoms with Crippen LogP contribution >= 0.6 is 11.6 Å². The monoisotopic (exact) mass is 313 g/mol. The molecule has 0 aliphatic rings. The molecule has 0 saturated carbocycles. The fourth-order valence-electron chi connectivity index (χ4n) is 1.77. The highest BCUT2D eigenvalue weighted by molar-refractivity contribution is 7.92. The summed E-state index contributed by atoms with van der Waals surface area (Å²) in [5.41, 5.74) is 1.28. The molecule has 0 saturated heterocycles. The van der Waals surface area contributed by atoms with Crippen molar-refractivity contribution in [3.05, 3.63) is 58.4 Å². The van der Waals surface area contributed by atoms with Crippen molar-refractivity contribution in [2.24, 2.45) is 0 Å². The number of anilines is 1. The molecule has 1 N–H and O–H groups in total. The van der Waals surface area contributed by atoms with Gasteiger partial charge in [-0.25, -0.2) is 12.8 Å². The number of rotatable bonds is 3. The van der Waals surface area contributed by atoms with Gasteiger partial charge in [-0.1, -0.05) is 23.7 Å². The van der Waals surface area contributed by atoms with Crippen LogP contribution in [0.15, 0.2) is 41.3 Å². The zero-order valence-corrected chi connectivity index (χ0v) is 12.5. The van der Waals surface area contributed by atoms with Gasteiger partial charge in [0.05, 0.1) is 10.6 Å². The lowest BCUT2D eigenvalue weighted by molar-refractivity contribution is 0.598. The van der Waals surface area contributed by atoms with Gasteiger partial charge in [0.2, 0.25) is 0 Å². The fourth-order valence-corrected chi connectivity index (χ4v) is 3.33. The van der Waals surface area contributed by atoms with Gasteiger partial charge in [-0.05, 0) is 49.2 Å². The third-order valence-electron chi connectivity index (χ3n) is 2.81. The second-order valence-corrected chi connectivity index (χ2v) is 6.59. The Labute approximate surface area is 122 Å². The minimum absolute atomic E-state index is 0.129. The van der Waals surface area contributed by atoms with E-state index < -0.39 is 15.8 Å². The topological polar surface area (TPSA) is 46.2 Å². The summed E-state index contributed by atoms with van der Waals surface area (Å²) in [6, 6.07) is 8.85. The summed E-state index contributed by atoms with van der Waals surface area (Å²) in [5.74, 6) is -0.716. The van der Waals surface area contributed by atoms with Crippen LogP contribution in [0, 0.1) is 19.7 Å². The van der Waals surface area contributed by atoms with E-state index in [1.54, 1.807) is 26.0 Å². The quantitative estimate of drug-likeness (QED) is 0.934. The van der Waals surface area contributed by atoms with E-state index in [4.69, 9.17) is 11.6 Å². The SMILES string of the molecule is Cc1ccc(C)c(S(=O)(=O)Nc2ccc(Cl)cc2F)c1. The van der Waals surface area contributed by atoms with Crippen molar-refractivity contribution in [1.29, 1.82) is 0 Å². The van der Waals surface area contributed by atoms with Gasteiger partial charge in [-0.3, -0.25) is 4.72 Å². The van der Waals surface area contributed by atoms with Crippen molar-refractivity contribution in [3.8, 4) is 0 Å². The van der Waals surface area contributed by atoms with Crippen LogP contribution in [0.3, 0.4) is 0 Å². The molecule has 2 aromatic rings. The second-order valence-electron chi connectivity index (χ2n) is 4.50. The van der Waals surface area contributed by atoms with Crippen LogP contribution in [0.4, 0.5) is 10.1 Å². The number of halogens is 2. The van der Waals surface area contributed by atoms with Crippen LogP contribution < -0.4 is 4.72 Å². The number of nitrogens with one attached hydrogen (secondary N) is 1. The average molecular weight is 314 g/mol. The van der Waals surface area contributed by atoms with Crippen LogP contribution in [0.25, 0.3) is 0 Å². The maximum Gasteiger partial charge on any atom is 0.262 e. The van der Waals surface area contributed by atoms with Crippen molar-refractivity contribution >= 4 is 27.3 Å². The van der Waals surface area contributed by atoms with Gasteiger partial charge in [0.1, 0.15) is 5.82 Å². The maximum absolute atomic E-state index is 13.7. The highest BCUT2D eigenvalue weighted by Gasteiger charge is 2.18. The zero-order chi connectivity index (χ0) is 14.9. The Balaban J connectivity index is 2.43. The summed E-state index contributed by atoms with van der Waals surface area (Å²) in [6.07, 6.45) is 0. The summed E-state index contributed by atoms with van der Waals surface area (Å²) in [6.45, 7) is 3.48. The zero-order valence-electron chi connectivity index (χ0n) is 10.9. The normalized spacial score (nSPS) is 11.4. The predicted molar refractivity (Wildman–Crippen MR) is 78.1 cm³/mol. The average Bonchev–Trinajstić information content (AvgIpc) is 2.35. The molecule has 0 atom stereocenters. The first-order valence-electron chi connectivity index (χ1n) is 5.85. The highest BCUT2D eigenvalue weighted by atomic mass is 35.5. The Bertz CT molecular complexity index is 760. The van der Waals surface area contributed by atoms with Gasteiger partial charge in [-0.15, -0.1) is 0 Å². The van der Waals surface area contributed by atoms with Gasteiger partial charge in [0.25, 0.3) is 10.0 Å². The number of sulfonamides is 1. The molecule has 0 bridgehead atoms. The predicted octanol–water partition coefficient (Wildman–Crippen LogP) is 3.90. The Hall–Kier alpha value is -1.59. The lowest BCUT2D eigenvalue weighted by atomic mass is 10.2. The lowest BCUT2D eigenvalue weighted by Crippen LogP contribution is -2.15. The fraction of sp³-hybridized carbons (Fsp3) is 0.143. The molecular formula is C14H13ClFNO2S. The lowest BCUT2D eigenvalue weighted by Gasteiger charge is -2.11. The van der Waals surface area contributed by atoms with Crippen molar-refractivity contribution < 1.29 is 12.8 Å². The molecule has 3 nitrogen and oxygen atoms in total. The molecule has 0 fully saturated rings. The smallest absolute Gasteiger partial charge is 0.262 e. The molecule has 6 heteroatoms. The molecule has 2 aromatic carbocycles. The third-order valence-corrected chi connectivity index (χ3v) is 4.55. The minimum atomic E-state index is -3.83. The summed E-state index contributed by atoms with van der Waals surface area (Å²) in [4.78, 5) is 0.131. The van der Waals surface area contributed by atoms with Gasteiger partial charge < -0.3 is 0 Å². The molecule has 0 heterocycles. The third kappa shape index (κ3) is 3.11. The van der Waals surface area contributed by atoms with Crippen LogP contribution in [0.5, 0.6) is 0 Å². The molecule has 0 spiro atoms. The van der Waals surface area contributed by atoms with Crippen LogP contribution in [-0.4, -0.2) is 8.42 Å². The van der Waals surface area contributed by atoms with Gasteiger partial charge in [0.15, 0.2) is 0 Å². The minimum Gasteiger partial charge on any atom is -0.277 e. The summed E-state index contributed by atoms with van der Waals surface area (Å²) >= 11 is 5.63. The number of hydrogen-bond acceptors (Lipinski definition) is 2. The largest absolute Gasteiger partial charge is 0.277 e. The summed E-state index contributed by atoms with van der Waals surface area (Å²) in [7, 11) is -3.83. The second kappa shape index (κ2) is 5.42. The first kappa shape index (κ1) is 14.8. The Kier molecular flexibility index (Phi) is 4.01. The van der Waals surface area contributed by atoms with E-state index in [0.717, 1.165) is 11.6 Å². The Morgan fingerprint density at radius 2 is 1.80 bits per heavy atom. The van der Waals surface area contributed by atoms with Gasteiger partial charge >= 0.3 is 0 Å². The van der Waals surface area contributed by atoms with Crippen LogP contribution in [-0.2, 0) is 10.0 Å². The van der Waals surface area contributed by atoms with E-state index in [9.17, 15) is 12.8 Å². The molecular weight excluding hydrogens is 301 g/mol. The standard InChI is InChI=1S/C14H13ClFNO2S/c1-9-3-4-10(2)14(7-9)20(18,19)17-13-6-5-11(15)8-12(13)16/h3-8,17H,1-2H3. The van der Waals surface area contributed by atoms with Gasteiger partial charge in [-0.2, -0.15) is 0 Å². The van der Waals surface area contributed by atoms with E-state index in [0.29, 0.717) is 5.56 Å². The van der Waals surface area contributed by atoms with E-state index in [-0.39, 0.29) is 15.6 Å². The van der Waals surface area contributed by atoms with E-state index in [1.807, 2.05) is 6.07 Å². The molecule has 106 valence electrons. The molecule has 0 amide bonds. The number of aryl methyl sites for hydroxylation is 2. The summed E-state index contributed by atoms with van der Waals surface area (Å²) in [5, 5.41) is 0.206. The number of hydrogen-bond donors (Lipinski definition) is 1. The van der Waals surface area contributed by atoms with Crippen LogP contribution in [0.1, 0.15) is 11.1 Å². The van der Waals surface area contributed by atoms with E-state index in [1.165, 1.54) is 12.1 Å². The Morgan fingerprint density at radius 3 is 2.45 bits per heavy atom. The molecule has 0 aliphatic carbocycles. The Morgan fingerprint density at radius 1 is 1.10 bits per heavy atom. The first-order chi connectivity index (χ1) is 9.29. The van der Waals surface area contributed by atoms with Crippen molar-refractivity contribution in [2.45, 2.75) is 18.7 Å². The highest BCUT2D eigenvalue weighted by Crippen LogP contribution is 2.24. The van der Waals surface area contributed by atoms with Crippen molar-refractivity contribution in [1.82, 2.24) is 0 Å². The molecule has 2 rings (SSSR count). The summed E-state index contributed by atoms with van der Waals surface area (Å²) < 4.78 is 40.5. The first-order valence-corrected chi connectivity index (χ1v) is 7.71. The maximum atomic E-state index is 13.7. The van der Waals surface area contributed by atoms with Crippen molar-refractivity contribution in [3.63, 3.8) is 0 Å². The van der Waals surface area contributed by atoms with Crippen LogP contribution in [0.2, 0.25) is 5.02 Å². The van der Waals surface area contributed by atoms with Gasteiger partial charge in [0, 0.05) is 5.02 Å². The van der Waals surface area contributed by atoms with E-state index in [2.05, 4.69) is 4.72 Å². The molecule has 0 unspecified atom stereocenters. The molecule has 0 radical (unpaired) electrons. The number of benzene rings is 2. The molecule has 0 aliphatic heterocycles. The molecule has 0 aromatic heterocycles.